The number of carbonyl (C=O) groups is 1. The lowest BCUT2D eigenvalue weighted by atomic mass is 9.95. The van der Waals surface area contributed by atoms with Gasteiger partial charge in [-0.25, -0.2) is 0 Å². The Labute approximate surface area is 218 Å². The van der Waals surface area contributed by atoms with Gasteiger partial charge in [0.25, 0.3) is 0 Å². The maximum Gasteiger partial charge on any atom is 0.193 e. The molecule has 0 aliphatic heterocycles. The SMILES string of the molecule is COc1cc(-c2ccc(-c3ccc(C(=O)c4ccccc4)cc3)c(OC)c2)ccc1-c1ccc(C)cc1. The normalized spacial score (nSPS) is 10.7. The summed E-state index contributed by atoms with van der Waals surface area (Å²) in [5.74, 6) is 1.60. The zero-order valence-corrected chi connectivity index (χ0v) is 21.2. The van der Waals surface area contributed by atoms with E-state index in [2.05, 4.69) is 61.5 Å². The van der Waals surface area contributed by atoms with Crippen LogP contribution < -0.4 is 9.47 Å². The predicted molar refractivity (Wildman–Crippen MR) is 150 cm³/mol. The van der Waals surface area contributed by atoms with Crippen molar-refractivity contribution in [1.29, 1.82) is 0 Å². The lowest BCUT2D eigenvalue weighted by Gasteiger charge is -2.14. The van der Waals surface area contributed by atoms with Crippen LogP contribution in [0, 0.1) is 6.92 Å². The Kier molecular flexibility index (Phi) is 6.87. The summed E-state index contributed by atoms with van der Waals surface area (Å²) < 4.78 is 11.5. The molecule has 0 amide bonds. The first-order valence-corrected chi connectivity index (χ1v) is 12.2. The average Bonchev–Trinajstić information content (AvgIpc) is 2.97. The summed E-state index contributed by atoms with van der Waals surface area (Å²) in [6.07, 6.45) is 0. The lowest BCUT2D eigenvalue weighted by molar-refractivity contribution is 0.103. The van der Waals surface area contributed by atoms with Crippen molar-refractivity contribution in [3.05, 3.63) is 132 Å². The van der Waals surface area contributed by atoms with Crippen molar-refractivity contribution in [2.24, 2.45) is 0 Å². The first-order chi connectivity index (χ1) is 18.1. The van der Waals surface area contributed by atoms with Gasteiger partial charge in [-0.15, -0.1) is 0 Å². The molecule has 0 N–H and O–H groups in total. The first kappa shape index (κ1) is 24.1. The molecule has 0 aliphatic rings. The van der Waals surface area contributed by atoms with Crippen LogP contribution in [0.4, 0.5) is 0 Å². The van der Waals surface area contributed by atoms with E-state index in [4.69, 9.17) is 9.47 Å². The average molecular weight is 485 g/mol. The minimum Gasteiger partial charge on any atom is -0.496 e. The van der Waals surface area contributed by atoms with E-state index in [0.717, 1.165) is 44.9 Å². The molecule has 0 aromatic heterocycles. The molecule has 0 saturated heterocycles. The van der Waals surface area contributed by atoms with Gasteiger partial charge in [0.05, 0.1) is 14.2 Å². The van der Waals surface area contributed by atoms with Gasteiger partial charge >= 0.3 is 0 Å². The molecule has 0 aliphatic carbocycles. The molecule has 0 bridgehead atoms. The Bertz CT molecular complexity index is 1530. The first-order valence-electron chi connectivity index (χ1n) is 12.2. The van der Waals surface area contributed by atoms with Gasteiger partial charge in [0.15, 0.2) is 5.78 Å². The molecular formula is C34H28O3. The van der Waals surface area contributed by atoms with Gasteiger partial charge in [-0.3, -0.25) is 4.79 Å². The zero-order valence-electron chi connectivity index (χ0n) is 21.2. The van der Waals surface area contributed by atoms with Crippen molar-refractivity contribution in [2.75, 3.05) is 14.2 Å². The summed E-state index contributed by atoms with van der Waals surface area (Å²) in [4.78, 5) is 12.8. The predicted octanol–water partition coefficient (Wildman–Crippen LogP) is 8.24. The fourth-order valence-electron chi connectivity index (χ4n) is 4.51. The Morgan fingerprint density at radius 2 is 0.946 bits per heavy atom. The molecule has 5 aromatic carbocycles. The summed E-state index contributed by atoms with van der Waals surface area (Å²) in [6.45, 7) is 2.08. The molecule has 0 saturated carbocycles. The minimum atomic E-state index is 0.0116. The number of carbonyl (C=O) groups excluding carboxylic acids is 1. The van der Waals surface area contributed by atoms with E-state index >= 15 is 0 Å². The molecule has 0 radical (unpaired) electrons. The minimum absolute atomic E-state index is 0.0116. The van der Waals surface area contributed by atoms with Gasteiger partial charge in [-0.05, 0) is 41.3 Å². The van der Waals surface area contributed by atoms with E-state index < -0.39 is 0 Å². The number of ketones is 1. The molecule has 3 heteroatoms. The van der Waals surface area contributed by atoms with Crippen molar-refractivity contribution in [2.45, 2.75) is 6.92 Å². The number of ether oxygens (including phenoxy) is 2. The topological polar surface area (TPSA) is 35.5 Å². The smallest absolute Gasteiger partial charge is 0.193 e. The van der Waals surface area contributed by atoms with Crippen LogP contribution in [0.15, 0.2) is 115 Å². The number of methoxy groups -OCH3 is 2. The van der Waals surface area contributed by atoms with E-state index in [-0.39, 0.29) is 5.78 Å². The number of hydrogen-bond acceptors (Lipinski definition) is 3. The molecule has 3 nitrogen and oxygen atoms in total. The maximum atomic E-state index is 12.8. The Morgan fingerprint density at radius 1 is 0.514 bits per heavy atom. The van der Waals surface area contributed by atoms with Gasteiger partial charge in [0.1, 0.15) is 11.5 Å². The van der Waals surface area contributed by atoms with Crippen LogP contribution in [0.25, 0.3) is 33.4 Å². The van der Waals surface area contributed by atoms with Crippen molar-refractivity contribution in [3.8, 4) is 44.9 Å². The molecule has 0 unspecified atom stereocenters. The van der Waals surface area contributed by atoms with Crippen LogP contribution in [0.2, 0.25) is 0 Å². The molecule has 5 rings (SSSR count). The van der Waals surface area contributed by atoms with E-state index in [1.165, 1.54) is 5.56 Å². The molecule has 182 valence electrons. The highest BCUT2D eigenvalue weighted by Gasteiger charge is 2.13. The van der Waals surface area contributed by atoms with Crippen LogP contribution in [-0.4, -0.2) is 20.0 Å². The van der Waals surface area contributed by atoms with Crippen LogP contribution >= 0.6 is 0 Å². The van der Waals surface area contributed by atoms with Crippen molar-refractivity contribution in [1.82, 2.24) is 0 Å². The highest BCUT2D eigenvalue weighted by molar-refractivity contribution is 6.09. The van der Waals surface area contributed by atoms with Gasteiger partial charge in [0, 0.05) is 22.3 Å². The van der Waals surface area contributed by atoms with E-state index in [1.807, 2.05) is 60.7 Å². The standard InChI is InChI=1S/C34H28O3/c1-23-9-11-24(12-10-23)30-19-17-28(21-32(30)36-2)29-18-20-31(33(22-29)37-3)25-13-15-27(16-14-25)34(35)26-7-5-4-6-8-26/h4-22H,1-3H3. The molecule has 0 fully saturated rings. The Balaban J connectivity index is 1.44. The van der Waals surface area contributed by atoms with E-state index in [9.17, 15) is 4.79 Å². The largest absolute Gasteiger partial charge is 0.496 e. The number of aryl methyl sites for hydroxylation is 1. The van der Waals surface area contributed by atoms with Crippen molar-refractivity contribution >= 4 is 5.78 Å². The third-order valence-electron chi connectivity index (χ3n) is 6.59. The summed E-state index contributed by atoms with van der Waals surface area (Å²) in [5.41, 5.74) is 8.77. The third kappa shape index (κ3) is 5.03. The van der Waals surface area contributed by atoms with Gasteiger partial charge in [-0.2, -0.15) is 0 Å². The monoisotopic (exact) mass is 484 g/mol. The van der Waals surface area contributed by atoms with Crippen molar-refractivity contribution < 1.29 is 14.3 Å². The molecule has 37 heavy (non-hydrogen) atoms. The van der Waals surface area contributed by atoms with Gasteiger partial charge < -0.3 is 9.47 Å². The number of hydrogen-bond donors (Lipinski definition) is 0. The van der Waals surface area contributed by atoms with E-state index in [0.29, 0.717) is 11.1 Å². The van der Waals surface area contributed by atoms with Crippen LogP contribution in [0.1, 0.15) is 21.5 Å². The number of rotatable bonds is 7. The van der Waals surface area contributed by atoms with Crippen LogP contribution in [-0.2, 0) is 0 Å². The van der Waals surface area contributed by atoms with Crippen LogP contribution in [0.5, 0.6) is 11.5 Å². The summed E-state index contributed by atoms with van der Waals surface area (Å²) >= 11 is 0. The summed E-state index contributed by atoms with van der Waals surface area (Å²) in [6, 6.07) is 37.9. The quantitative estimate of drug-likeness (QED) is 0.218. The molecular weight excluding hydrogens is 456 g/mol. The summed E-state index contributed by atoms with van der Waals surface area (Å²) in [5, 5.41) is 0. The second kappa shape index (κ2) is 10.5. The van der Waals surface area contributed by atoms with Crippen molar-refractivity contribution in [3.63, 3.8) is 0 Å². The lowest BCUT2D eigenvalue weighted by Crippen LogP contribution is -2.00. The Hall–Kier alpha value is -4.63. The van der Waals surface area contributed by atoms with Crippen LogP contribution in [0.3, 0.4) is 0 Å². The summed E-state index contributed by atoms with van der Waals surface area (Å²) in [7, 11) is 3.38. The molecule has 5 aromatic rings. The highest BCUT2D eigenvalue weighted by atomic mass is 16.5. The fraction of sp³-hybridized carbons (Fsp3) is 0.0882. The maximum absolute atomic E-state index is 12.8. The van der Waals surface area contributed by atoms with Gasteiger partial charge in [-0.1, -0.05) is 109 Å². The third-order valence-corrected chi connectivity index (χ3v) is 6.59. The van der Waals surface area contributed by atoms with Gasteiger partial charge in [0.2, 0.25) is 0 Å². The zero-order chi connectivity index (χ0) is 25.8. The second-order valence-corrected chi connectivity index (χ2v) is 8.97. The second-order valence-electron chi connectivity index (χ2n) is 8.97. The molecule has 0 heterocycles. The molecule has 0 atom stereocenters. The number of benzene rings is 5. The molecule has 0 spiro atoms. The van der Waals surface area contributed by atoms with E-state index in [1.54, 1.807) is 14.2 Å². The fourth-order valence-corrected chi connectivity index (χ4v) is 4.51. The highest BCUT2D eigenvalue weighted by Crippen LogP contribution is 2.38. The Morgan fingerprint density at radius 3 is 1.43 bits per heavy atom.